The van der Waals surface area contributed by atoms with E-state index in [0.29, 0.717) is 23.4 Å². The number of aromatic nitrogens is 2. The molecule has 0 saturated heterocycles. The minimum absolute atomic E-state index is 0.0193. The Kier molecular flexibility index (Phi) is 5.74. The van der Waals surface area contributed by atoms with Crippen molar-refractivity contribution in [1.82, 2.24) is 15.5 Å². The molecule has 128 valence electrons. The number of hydrogen-bond acceptors (Lipinski definition) is 6. The van der Waals surface area contributed by atoms with Crippen LogP contribution in [0, 0.1) is 0 Å². The summed E-state index contributed by atoms with van der Waals surface area (Å²) in [5.74, 6) is 0.820. The van der Waals surface area contributed by atoms with Crippen LogP contribution in [0.2, 0.25) is 0 Å². The third kappa shape index (κ3) is 4.50. The second-order valence-electron chi connectivity index (χ2n) is 5.76. The van der Waals surface area contributed by atoms with Crippen molar-refractivity contribution in [2.45, 2.75) is 49.5 Å². The number of carbonyl (C=O) groups excluding carboxylic acids is 1. The highest BCUT2D eigenvalue weighted by Gasteiger charge is 2.19. The van der Waals surface area contributed by atoms with Crippen molar-refractivity contribution in [3.63, 3.8) is 0 Å². The Morgan fingerprint density at radius 3 is 3.08 bits per heavy atom. The van der Waals surface area contributed by atoms with Crippen molar-refractivity contribution in [1.29, 1.82) is 0 Å². The molecule has 7 heteroatoms. The van der Waals surface area contributed by atoms with Crippen LogP contribution >= 0.6 is 11.8 Å². The van der Waals surface area contributed by atoms with Crippen molar-refractivity contribution in [2.24, 2.45) is 0 Å². The van der Waals surface area contributed by atoms with E-state index in [9.17, 15) is 4.79 Å². The van der Waals surface area contributed by atoms with Crippen LogP contribution in [0.5, 0.6) is 0 Å². The number of rotatable bonds is 7. The second-order valence-corrected chi connectivity index (χ2v) is 7.05. The first-order chi connectivity index (χ1) is 11.7. The number of carbonyl (C=O) groups is 1. The average molecular weight is 347 g/mol. The van der Waals surface area contributed by atoms with Crippen LogP contribution in [0.3, 0.4) is 0 Å². The number of hydrogen-bond donors (Lipinski definition) is 1. The number of nitrogens with one attached hydrogen (secondary N) is 1. The fourth-order valence-electron chi connectivity index (χ4n) is 2.58. The van der Waals surface area contributed by atoms with Gasteiger partial charge in [0.2, 0.25) is 5.91 Å². The van der Waals surface area contributed by atoms with Crippen LogP contribution in [0.4, 0.5) is 0 Å². The molecule has 0 bridgehead atoms. The molecule has 2 aromatic heterocycles. The maximum atomic E-state index is 12.2. The molecule has 1 atom stereocenters. The van der Waals surface area contributed by atoms with Gasteiger partial charge in [-0.2, -0.15) is 0 Å². The Labute approximate surface area is 145 Å². The highest BCUT2D eigenvalue weighted by atomic mass is 32.2. The number of thioether (sulfide) groups is 1. The lowest BCUT2D eigenvalue weighted by atomic mass is 9.97. The van der Waals surface area contributed by atoms with Crippen LogP contribution in [0.1, 0.15) is 39.0 Å². The van der Waals surface area contributed by atoms with Crippen molar-refractivity contribution >= 4 is 17.7 Å². The summed E-state index contributed by atoms with van der Waals surface area (Å²) < 4.78 is 10.7. The fourth-order valence-corrected chi connectivity index (χ4v) is 3.29. The molecular formula is C17H21N3O3S. The lowest BCUT2D eigenvalue weighted by Gasteiger charge is -2.14. The van der Waals surface area contributed by atoms with Gasteiger partial charge in [0.1, 0.15) is 0 Å². The predicted octanol–water partition coefficient (Wildman–Crippen LogP) is 3.82. The smallest absolute Gasteiger partial charge is 0.284 e. The van der Waals surface area contributed by atoms with E-state index in [1.807, 2.05) is 6.92 Å². The lowest BCUT2D eigenvalue weighted by Crippen LogP contribution is -2.31. The third-order valence-corrected chi connectivity index (χ3v) is 4.85. The Morgan fingerprint density at radius 1 is 1.42 bits per heavy atom. The quantitative estimate of drug-likeness (QED) is 0.606. The summed E-state index contributed by atoms with van der Waals surface area (Å²) in [5.41, 5.74) is 1.46. The fraction of sp³-hybridized carbons (Fsp3) is 0.471. The van der Waals surface area contributed by atoms with Gasteiger partial charge in [0.15, 0.2) is 5.76 Å². The molecule has 0 fully saturated rings. The van der Waals surface area contributed by atoms with Gasteiger partial charge in [-0.05, 0) is 51.2 Å². The van der Waals surface area contributed by atoms with E-state index < -0.39 is 0 Å². The van der Waals surface area contributed by atoms with E-state index in [2.05, 4.69) is 21.6 Å². The SMILES string of the molecule is C[C@H](Sc1nnc(-c2ccco2)o1)C(=O)NCCC1=CCCCC1. The Hall–Kier alpha value is -2.02. The van der Waals surface area contributed by atoms with Crippen LogP contribution in [0.25, 0.3) is 11.7 Å². The zero-order valence-corrected chi connectivity index (χ0v) is 14.5. The first-order valence-electron chi connectivity index (χ1n) is 8.22. The molecule has 1 amide bonds. The molecule has 2 heterocycles. The average Bonchev–Trinajstić information content (AvgIpc) is 3.27. The van der Waals surface area contributed by atoms with Gasteiger partial charge in [0, 0.05) is 6.54 Å². The van der Waals surface area contributed by atoms with Gasteiger partial charge in [0.05, 0.1) is 11.5 Å². The van der Waals surface area contributed by atoms with Gasteiger partial charge in [0.25, 0.3) is 11.1 Å². The zero-order chi connectivity index (χ0) is 16.8. The van der Waals surface area contributed by atoms with Crippen molar-refractivity contribution < 1.29 is 13.6 Å². The number of nitrogens with zero attached hydrogens (tertiary/aromatic N) is 2. The summed E-state index contributed by atoms with van der Waals surface area (Å²) in [5, 5.41) is 10.9. The van der Waals surface area contributed by atoms with Gasteiger partial charge in [-0.25, -0.2) is 0 Å². The van der Waals surface area contributed by atoms with Crippen LogP contribution in [-0.4, -0.2) is 27.9 Å². The highest BCUT2D eigenvalue weighted by Crippen LogP contribution is 2.26. The minimum Gasteiger partial charge on any atom is -0.459 e. The van der Waals surface area contributed by atoms with Gasteiger partial charge < -0.3 is 14.2 Å². The molecule has 0 saturated carbocycles. The van der Waals surface area contributed by atoms with Crippen LogP contribution in [0.15, 0.2) is 44.1 Å². The normalized spacial score (nSPS) is 15.8. The molecular weight excluding hydrogens is 326 g/mol. The predicted molar refractivity (Wildman–Crippen MR) is 91.5 cm³/mol. The molecule has 0 radical (unpaired) electrons. The van der Waals surface area contributed by atoms with E-state index >= 15 is 0 Å². The lowest BCUT2D eigenvalue weighted by molar-refractivity contribution is -0.120. The van der Waals surface area contributed by atoms with Gasteiger partial charge in [-0.1, -0.05) is 23.4 Å². The van der Waals surface area contributed by atoms with Gasteiger partial charge >= 0.3 is 0 Å². The van der Waals surface area contributed by atoms with E-state index in [0.717, 1.165) is 12.8 Å². The molecule has 1 N–H and O–H groups in total. The van der Waals surface area contributed by atoms with E-state index in [1.165, 1.54) is 36.6 Å². The molecule has 0 aliphatic heterocycles. The topological polar surface area (TPSA) is 81.2 Å². The molecule has 1 aliphatic carbocycles. The van der Waals surface area contributed by atoms with Crippen LogP contribution < -0.4 is 5.32 Å². The van der Waals surface area contributed by atoms with Crippen molar-refractivity contribution in [3.8, 4) is 11.7 Å². The van der Waals surface area contributed by atoms with Crippen LogP contribution in [-0.2, 0) is 4.79 Å². The molecule has 0 aromatic carbocycles. The summed E-state index contributed by atoms with van der Waals surface area (Å²) in [7, 11) is 0. The molecule has 6 nitrogen and oxygen atoms in total. The summed E-state index contributed by atoms with van der Waals surface area (Å²) in [6, 6.07) is 3.50. The third-order valence-electron chi connectivity index (χ3n) is 3.92. The maximum absolute atomic E-state index is 12.2. The Balaban J connectivity index is 1.45. The van der Waals surface area contributed by atoms with E-state index in [4.69, 9.17) is 8.83 Å². The summed E-state index contributed by atoms with van der Waals surface area (Å²) >= 11 is 1.25. The maximum Gasteiger partial charge on any atom is 0.284 e. The van der Waals surface area contributed by atoms with Gasteiger partial charge in [-0.15, -0.1) is 10.2 Å². The largest absolute Gasteiger partial charge is 0.459 e. The second kappa shape index (κ2) is 8.19. The first-order valence-corrected chi connectivity index (χ1v) is 9.10. The highest BCUT2D eigenvalue weighted by molar-refractivity contribution is 8.00. The van der Waals surface area contributed by atoms with Crippen molar-refractivity contribution in [2.75, 3.05) is 6.54 Å². The number of amides is 1. The van der Waals surface area contributed by atoms with E-state index in [-0.39, 0.29) is 11.2 Å². The van der Waals surface area contributed by atoms with E-state index in [1.54, 1.807) is 18.4 Å². The zero-order valence-electron chi connectivity index (χ0n) is 13.7. The summed E-state index contributed by atoms with van der Waals surface area (Å²) in [4.78, 5) is 12.2. The number of allylic oxidation sites excluding steroid dienone is 1. The summed E-state index contributed by atoms with van der Waals surface area (Å²) in [6.45, 7) is 2.51. The number of furan rings is 1. The molecule has 3 rings (SSSR count). The summed E-state index contributed by atoms with van der Waals surface area (Å²) in [6.07, 6.45) is 9.68. The first kappa shape index (κ1) is 16.8. The molecule has 24 heavy (non-hydrogen) atoms. The molecule has 0 unspecified atom stereocenters. The molecule has 0 spiro atoms. The monoisotopic (exact) mass is 347 g/mol. The van der Waals surface area contributed by atoms with Crippen molar-refractivity contribution in [3.05, 3.63) is 30.0 Å². The Bertz CT molecular complexity index is 694. The molecule has 1 aliphatic rings. The Morgan fingerprint density at radius 2 is 2.33 bits per heavy atom. The van der Waals surface area contributed by atoms with Gasteiger partial charge in [-0.3, -0.25) is 4.79 Å². The molecule has 2 aromatic rings. The standard InChI is InChI=1S/C17H21N3O3S/c1-12(15(21)18-10-9-13-6-3-2-4-7-13)24-17-20-19-16(23-17)14-8-5-11-22-14/h5-6,8,11-12H,2-4,7,9-10H2,1H3,(H,18,21)/t12-/m0/s1. The minimum atomic E-state index is -0.296.